The second-order valence-electron chi connectivity index (χ2n) is 5.18. The normalized spacial score (nSPS) is 28.9. The molecule has 104 valence electrons. The van der Waals surface area contributed by atoms with Crippen LogP contribution in [0.25, 0.3) is 0 Å². The number of hydrogen-bond donors (Lipinski definition) is 2. The summed E-state index contributed by atoms with van der Waals surface area (Å²) in [6.45, 7) is 1.70. The summed E-state index contributed by atoms with van der Waals surface area (Å²) in [5.41, 5.74) is 0.488. The summed E-state index contributed by atoms with van der Waals surface area (Å²) >= 11 is 0. The molecule has 2 unspecified atom stereocenters. The van der Waals surface area contributed by atoms with Crippen molar-refractivity contribution < 1.29 is 19.3 Å². The molecule has 5 nitrogen and oxygen atoms in total. The van der Waals surface area contributed by atoms with Gasteiger partial charge in [-0.25, -0.2) is 0 Å². The van der Waals surface area contributed by atoms with E-state index in [0.29, 0.717) is 23.7 Å². The molecule has 1 aromatic rings. The van der Waals surface area contributed by atoms with Gasteiger partial charge in [-0.3, -0.25) is 0 Å². The third-order valence-corrected chi connectivity index (χ3v) is 3.97. The molecular weight excluding hydrogens is 246 g/mol. The molecule has 1 saturated heterocycles. The second-order valence-corrected chi connectivity index (χ2v) is 5.18. The molecular formula is C14H19NO4. The lowest BCUT2D eigenvalue weighted by Crippen LogP contribution is -2.42. The Labute approximate surface area is 112 Å². The SMILES string of the molecule is COc1cc2c(cc1OC)C(O)CC1(CCNC1)O2. The van der Waals surface area contributed by atoms with Crippen LogP contribution in [0.4, 0.5) is 0 Å². The molecule has 1 aromatic carbocycles. The predicted octanol–water partition coefficient (Wildman–Crippen LogP) is 1.25. The second kappa shape index (κ2) is 4.58. The predicted molar refractivity (Wildman–Crippen MR) is 70.0 cm³/mol. The molecule has 0 aromatic heterocycles. The highest BCUT2D eigenvalue weighted by Gasteiger charge is 2.43. The fourth-order valence-corrected chi connectivity index (χ4v) is 2.94. The highest BCUT2D eigenvalue weighted by atomic mass is 16.5. The van der Waals surface area contributed by atoms with Crippen LogP contribution in [0.15, 0.2) is 12.1 Å². The van der Waals surface area contributed by atoms with Crippen LogP contribution in [-0.2, 0) is 0 Å². The van der Waals surface area contributed by atoms with E-state index in [2.05, 4.69) is 5.32 Å². The average Bonchev–Trinajstić information content (AvgIpc) is 2.85. The van der Waals surface area contributed by atoms with Crippen molar-refractivity contribution in [2.75, 3.05) is 27.3 Å². The molecule has 2 aliphatic heterocycles. The highest BCUT2D eigenvalue weighted by molar-refractivity contribution is 5.52. The van der Waals surface area contributed by atoms with Crippen molar-refractivity contribution in [3.63, 3.8) is 0 Å². The summed E-state index contributed by atoms with van der Waals surface area (Å²) in [5.74, 6) is 1.93. The van der Waals surface area contributed by atoms with Crippen molar-refractivity contribution in [2.45, 2.75) is 24.5 Å². The molecule has 2 heterocycles. The van der Waals surface area contributed by atoms with Gasteiger partial charge in [0, 0.05) is 31.0 Å². The molecule has 1 spiro atoms. The van der Waals surface area contributed by atoms with Crippen molar-refractivity contribution in [1.29, 1.82) is 0 Å². The number of rotatable bonds is 2. The van der Waals surface area contributed by atoms with Crippen LogP contribution >= 0.6 is 0 Å². The summed E-state index contributed by atoms with van der Waals surface area (Å²) in [7, 11) is 3.18. The van der Waals surface area contributed by atoms with Crippen LogP contribution in [0.3, 0.4) is 0 Å². The first-order chi connectivity index (χ1) is 9.17. The molecule has 1 fully saturated rings. The van der Waals surface area contributed by atoms with E-state index in [1.54, 1.807) is 26.4 Å². The number of fused-ring (bicyclic) bond motifs is 1. The molecule has 2 atom stereocenters. The van der Waals surface area contributed by atoms with Crippen molar-refractivity contribution in [1.82, 2.24) is 5.32 Å². The number of methoxy groups -OCH3 is 2. The van der Waals surface area contributed by atoms with Gasteiger partial charge in [-0.15, -0.1) is 0 Å². The van der Waals surface area contributed by atoms with Crippen molar-refractivity contribution in [3.8, 4) is 17.2 Å². The third-order valence-electron chi connectivity index (χ3n) is 3.97. The number of ether oxygens (including phenoxy) is 3. The molecule has 3 rings (SSSR count). The number of nitrogens with one attached hydrogen (secondary N) is 1. The lowest BCUT2D eigenvalue weighted by atomic mass is 9.88. The zero-order valence-electron chi connectivity index (χ0n) is 11.2. The van der Waals surface area contributed by atoms with Gasteiger partial charge in [-0.05, 0) is 12.6 Å². The van der Waals surface area contributed by atoms with Gasteiger partial charge in [0.05, 0.1) is 20.3 Å². The molecule has 0 bridgehead atoms. The van der Waals surface area contributed by atoms with Crippen molar-refractivity contribution in [3.05, 3.63) is 17.7 Å². The highest BCUT2D eigenvalue weighted by Crippen LogP contribution is 2.46. The topological polar surface area (TPSA) is 60.0 Å². The number of aliphatic hydroxyl groups excluding tert-OH is 1. The number of hydrogen-bond acceptors (Lipinski definition) is 5. The molecule has 2 aliphatic rings. The lowest BCUT2D eigenvalue weighted by Gasteiger charge is -2.37. The third kappa shape index (κ3) is 2.03. The molecule has 2 N–H and O–H groups in total. The summed E-state index contributed by atoms with van der Waals surface area (Å²) < 4.78 is 16.7. The van der Waals surface area contributed by atoms with Crippen LogP contribution < -0.4 is 19.5 Å². The van der Waals surface area contributed by atoms with Crippen LogP contribution in [0.2, 0.25) is 0 Å². The Balaban J connectivity index is 2.02. The number of benzene rings is 1. The Hall–Kier alpha value is -1.46. The van der Waals surface area contributed by atoms with E-state index in [1.165, 1.54) is 0 Å². The summed E-state index contributed by atoms with van der Waals surface area (Å²) in [4.78, 5) is 0. The van der Waals surface area contributed by atoms with E-state index < -0.39 is 6.10 Å². The lowest BCUT2D eigenvalue weighted by molar-refractivity contribution is -0.000672. The summed E-state index contributed by atoms with van der Waals surface area (Å²) in [5, 5.41) is 13.7. The van der Waals surface area contributed by atoms with Crippen molar-refractivity contribution >= 4 is 0 Å². The van der Waals surface area contributed by atoms with Gasteiger partial charge in [0.25, 0.3) is 0 Å². The van der Waals surface area contributed by atoms with Crippen molar-refractivity contribution in [2.24, 2.45) is 0 Å². The maximum atomic E-state index is 10.4. The molecule has 5 heteroatoms. The maximum Gasteiger partial charge on any atom is 0.164 e. The fourth-order valence-electron chi connectivity index (χ4n) is 2.94. The van der Waals surface area contributed by atoms with E-state index in [1.807, 2.05) is 0 Å². The molecule has 0 radical (unpaired) electrons. The Bertz CT molecular complexity index is 483. The molecule has 19 heavy (non-hydrogen) atoms. The van der Waals surface area contributed by atoms with Gasteiger partial charge < -0.3 is 24.6 Å². The monoisotopic (exact) mass is 265 g/mol. The minimum absolute atomic E-state index is 0.286. The largest absolute Gasteiger partial charge is 0.493 e. The van der Waals surface area contributed by atoms with E-state index >= 15 is 0 Å². The van der Waals surface area contributed by atoms with E-state index in [9.17, 15) is 5.11 Å². The summed E-state index contributed by atoms with van der Waals surface area (Å²) in [6, 6.07) is 3.60. The van der Waals surface area contributed by atoms with Gasteiger partial charge >= 0.3 is 0 Å². The minimum atomic E-state index is -0.525. The van der Waals surface area contributed by atoms with Gasteiger partial charge in [0.1, 0.15) is 11.4 Å². The fraction of sp³-hybridized carbons (Fsp3) is 0.571. The molecule has 0 aliphatic carbocycles. The van der Waals surface area contributed by atoms with Crippen LogP contribution in [-0.4, -0.2) is 38.0 Å². The summed E-state index contributed by atoms with van der Waals surface area (Å²) in [6.07, 6.45) is 1.00. The van der Waals surface area contributed by atoms with E-state index in [-0.39, 0.29) is 5.60 Å². The van der Waals surface area contributed by atoms with E-state index in [4.69, 9.17) is 14.2 Å². The quantitative estimate of drug-likeness (QED) is 0.843. The zero-order valence-corrected chi connectivity index (χ0v) is 11.2. The first-order valence-corrected chi connectivity index (χ1v) is 6.51. The average molecular weight is 265 g/mol. The number of aliphatic hydroxyl groups is 1. The Kier molecular flexibility index (Phi) is 3.03. The Morgan fingerprint density at radius 3 is 2.68 bits per heavy atom. The Morgan fingerprint density at radius 2 is 2.05 bits per heavy atom. The van der Waals surface area contributed by atoms with Crippen LogP contribution in [0, 0.1) is 0 Å². The molecule has 0 amide bonds. The van der Waals surface area contributed by atoms with Crippen LogP contribution in [0.1, 0.15) is 24.5 Å². The van der Waals surface area contributed by atoms with Gasteiger partial charge in [-0.1, -0.05) is 0 Å². The minimum Gasteiger partial charge on any atom is -0.493 e. The standard InChI is InChI=1S/C14H19NO4/c1-17-12-5-9-10(16)7-14(3-4-15-8-14)19-11(9)6-13(12)18-2/h5-6,10,15-16H,3-4,7-8H2,1-2H3. The van der Waals surface area contributed by atoms with Gasteiger partial charge in [0.2, 0.25) is 0 Å². The first-order valence-electron chi connectivity index (χ1n) is 6.51. The Morgan fingerprint density at radius 1 is 1.32 bits per heavy atom. The molecule has 0 saturated carbocycles. The van der Waals surface area contributed by atoms with Gasteiger partial charge in [0.15, 0.2) is 11.5 Å². The van der Waals surface area contributed by atoms with E-state index in [0.717, 1.165) is 25.1 Å². The first kappa shape index (κ1) is 12.6. The smallest absolute Gasteiger partial charge is 0.164 e. The maximum absolute atomic E-state index is 10.4. The van der Waals surface area contributed by atoms with Gasteiger partial charge in [-0.2, -0.15) is 0 Å². The zero-order chi connectivity index (χ0) is 13.5. The van der Waals surface area contributed by atoms with Crippen LogP contribution in [0.5, 0.6) is 17.2 Å².